The SMILES string of the molecule is Cc1ccccc1C(=O)N1CC2C(C1)C2(CO)CO. The first-order valence-electron chi connectivity index (χ1n) is 6.70. The molecule has 0 spiro atoms. The van der Waals surface area contributed by atoms with Gasteiger partial charge in [-0.25, -0.2) is 0 Å². The Morgan fingerprint density at radius 3 is 2.37 bits per heavy atom. The Bertz CT molecular complexity index is 496. The Morgan fingerprint density at radius 1 is 1.26 bits per heavy atom. The zero-order valence-electron chi connectivity index (χ0n) is 11.0. The highest BCUT2D eigenvalue weighted by molar-refractivity contribution is 5.96. The minimum absolute atomic E-state index is 0.0191. The molecule has 1 saturated heterocycles. The summed E-state index contributed by atoms with van der Waals surface area (Å²) in [5.74, 6) is 0.584. The van der Waals surface area contributed by atoms with Crippen LogP contribution in [0.4, 0.5) is 0 Å². The van der Waals surface area contributed by atoms with Gasteiger partial charge in [-0.1, -0.05) is 18.2 Å². The van der Waals surface area contributed by atoms with E-state index in [9.17, 15) is 15.0 Å². The molecule has 1 aliphatic carbocycles. The molecule has 0 aromatic heterocycles. The molecule has 1 aliphatic heterocycles. The summed E-state index contributed by atoms with van der Waals surface area (Å²) >= 11 is 0. The lowest BCUT2D eigenvalue weighted by Gasteiger charge is -2.24. The summed E-state index contributed by atoms with van der Waals surface area (Å²) in [5, 5.41) is 18.8. The van der Waals surface area contributed by atoms with Crippen LogP contribution < -0.4 is 0 Å². The summed E-state index contributed by atoms with van der Waals surface area (Å²) < 4.78 is 0. The van der Waals surface area contributed by atoms with E-state index in [0.717, 1.165) is 11.1 Å². The van der Waals surface area contributed by atoms with Gasteiger partial charge in [0.05, 0.1) is 13.2 Å². The maximum atomic E-state index is 12.4. The van der Waals surface area contributed by atoms with Gasteiger partial charge in [-0.3, -0.25) is 4.79 Å². The zero-order valence-corrected chi connectivity index (χ0v) is 11.0. The Morgan fingerprint density at radius 2 is 1.84 bits per heavy atom. The van der Waals surface area contributed by atoms with Crippen molar-refractivity contribution in [1.29, 1.82) is 0 Å². The van der Waals surface area contributed by atoms with Crippen LogP contribution in [0.25, 0.3) is 0 Å². The lowest BCUT2D eigenvalue weighted by atomic mass is 10.0. The van der Waals surface area contributed by atoms with Crippen LogP contribution >= 0.6 is 0 Å². The Kier molecular flexibility index (Phi) is 2.87. The van der Waals surface area contributed by atoms with E-state index in [0.29, 0.717) is 13.1 Å². The fraction of sp³-hybridized carbons (Fsp3) is 0.533. The molecule has 102 valence electrons. The molecule has 2 unspecified atom stereocenters. The maximum absolute atomic E-state index is 12.4. The molecule has 1 saturated carbocycles. The van der Waals surface area contributed by atoms with Crippen molar-refractivity contribution in [3.63, 3.8) is 0 Å². The van der Waals surface area contributed by atoms with Crippen LogP contribution in [0.5, 0.6) is 0 Å². The first-order valence-corrected chi connectivity index (χ1v) is 6.70. The topological polar surface area (TPSA) is 60.8 Å². The molecule has 4 nitrogen and oxygen atoms in total. The van der Waals surface area contributed by atoms with Crippen molar-refractivity contribution in [1.82, 2.24) is 4.90 Å². The van der Waals surface area contributed by atoms with E-state index in [1.165, 1.54) is 0 Å². The van der Waals surface area contributed by atoms with Crippen molar-refractivity contribution in [2.75, 3.05) is 26.3 Å². The highest BCUT2D eigenvalue weighted by atomic mass is 16.3. The fourth-order valence-corrected chi connectivity index (χ4v) is 3.51. The molecule has 1 amide bonds. The average Bonchev–Trinajstić information content (AvgIpc) is 2.81. The van der Waals surface area contributed by atoms with Gasteiger partial charge < -0.3 is 15.1 Å². The molecule has 2 aliphatic rings. The summed E-state index contributed by atoms with van der Waals surface area (Å²) in [6, 6.07) is 7.60. The number of hydrogen-bond acceptors (Lipinski definition) is 3. The summed E-state index contributed by atoms with van der Waals surface area (Å²) in [7, 11) is 0. The van der Waals surface area contributed by atoms with Crippen LogP contribution in [-0.2, 0) is 0 Å². The Labute approximate surface area is 112 Å². The van der Waals surface area contributed by atoms with Crippen molar-refractivity contribution in [2.45, 2.75) is 6.92 Å². The van der Waals surface area contributed by atoms with Gasteiger partial charge in [-0.15, -0.1) is 0 Å². The van der Waals surface area contributed by atoms with Gasteiger partial charge in [0.2, 0.25) is 0 Å². The molecule has 1 aromatic carbocycles. The predicted octanol–water partition coefficient (Wildman–Crippen LogP) is 0.668. The van der Waals surface area contributed by atoms with Crippen LogP contribution in [0.3, 0.4) is 0 Å². The molecule has 1 heterocycles. The molecule has 19 heavy (non-hydrogen) atoms. The number of piperidine rings is 1. The second-order valence-electron chi connectivity index (χ2n) is 5.79. The van der Waals surface area contributed by atoms with Crippen molar-refractivity contribution >= 4 is 5.91 Å². The quantitative estimate of drug-likeness (QED) is 0.840. The number of likely N-dealkylation sites (tertiary alicyclic amines) is 1. The minimum atomic E-state index is -0.331. The van der Waals surface area contributed by atoms with Crippen LogP contribution in [-0.4, -0.2) is 47.3 Å². The van der Waals surface area contributed by atoms with E-state index in [-0.39, 0.29) is 36.4 Å². The number of carbonyl (C=O) groups is 1. The number of aliphatic hydroxyl groups excluding tert-OH is 2. The van der Waals surface area contributed by atoms with Gasteiger partial charge in [-0.2, -0.15) is 0 Å². The standard InChI is InChI=1S/C15H19NO3/c1-10-4-2-3-5-11(10)14(19)16-6-12-13(7-16)15(12,8-17)9-18/h2-5,12-13,17-18H,6-9H2,1H3. The van der Waals surface area contributed by atoms with E-state index in [2.05, 4.69) is 0 Å². The molecule has 2 fully saturated rings. The number of amides is 1. The molecular weight excluding hydrogens is 242 g/mol. The first-order chi connectivity index (χ1) is 9.14. The van der Waals surface area contributed by atoms with E-state index in [1.54, 1.807) is 0 Å². The molecule has 1 aromatic rings. The third-order valence-corrected chi connectivity index (χ3v) is 4.94. The first kappa shape index (κ1) is 12.6. The van der Waals surface area contributed by atoms with Crippen molar-refractivity contribution in [3.8, 4) is 0 Å². The summed E-state index contributed by atoms with van der Waals surface area (Å²) in [5.41, 5.74) is 1.41. The molecule has 0 radical (unpaired) electrons. The van der Waals surface area contributed by atoms with Gasteiger partial charge in [0.15, 0.2) is 0 Å². The van der Waals surface area contributed by atoms with E-state index < -0.39 is 0 Å². The minimum Gasteiger partial charge on any atom is -0.396 e. The van der Waals surface area contributed by atoms with E-state index in [1.807, 2.05) is 36.1 Å². The monoisotopic (exact) mass is 261 g/mol. The van der Waals surface area contributed by atoms with Gasteiger partial charge in [0, 0.05) is 24.1 Å². The highest BCUT2D eigenvalue weighted by Gasteiger charge is 2.68. The molecule has 4 heteroatoms. The van der Waals surface area contributed by atoms with Crippen LogP contribution in [0.15, 0.2) is 24.3 Å². The van der Waals surface area contributed by atoms with E-state index in [4.69, 9.17) is 0 Å². The van der Waals surface area contributed by atoms with Crippen LogP contribution in [0.1, 0.15) is 15.9 Å². The lowest BCUT2D eigenvalue weighted by molar-refractivity contribution is 0.0636. The normalized spacial score (nSPS) is 27.2. The van der Waals surface area contributed by atoms with Gasteiger partial charge in [0.25, 0.3) is 5.91 Å². The van der Waals surface area contributed by atoms with Crippen molar-refractivity contribution in [3.05, 3.63) is 35.4 Å². The number of fused-ring (bicyclic) bond motifs is 1. The lowest BCUT2D eigenvalue weighted by Crippen LogP contribution is -2.36. The number of hydrogen-bond donors (Lipinski definition) is 2. The van der Waals surface area contributed by atoms with Crippen molar-refractivity contribution in [2.24, 2.45) is 17.3 Å². The number of carbonyl (C=O) groups excluding carboxylic acids is 1. The van der Waals surface area contributed by atoms with Crippen LogP contribution in [0, 0.1) is 24.2 Å². The smallest absolute Gasteiger partial charge is 0.254 e. The summed E-state index contributed by atoms with van der Waals surface area (Å²) in [6.07, 6.45) is 0. The average molecular weight is 261 g/mol. The Hall–Kier alpha value is -1.39. The number of aryl methyl sites for hydroxylation is 1. The second-order valence-corrected chi connectivity index (χ2v) is 5.79. The van der Waals surface area contributed by atoms with Gasteiger partial charge in [-0.05, 0) is 30.4 Å². The second kappa shape index (κ2) is 4.32. The number of aliphatic hydroxyl groups is 2. The molecule has 3 rings (SSSR count). The number of rotatable bonds is 3. The van der Waals surface area contributed by atoms with Gasteiger partial charge in [0.1, 0.15) is 0 Å². The number of benzene rings is 1. The highest BCUT2D eigenvalue weighted by Crippen LogP contribution is 2.62. The molecule has 2 N–H and O–H groups in total. The van der Waals surface area contributed by atoms with Crippen LogP contribution in [0.2, 0.25) is 0 Å². The van der Waals surface area contributed by atoms with Crippen molar-refractivity contribution < 1.29 is 15.0 Å². The van der Waals surface area contributed by atoms with E-state index >= 15 is 0 Å². The zero-order chi connectivity index (χ0) is 13.6. The Balaban J connectivity index is 1.72. The summed E-state index contributed by atoms with van der Waals surface area (Å²) in [6.45, 7) is 3.28. The third-order valence-electron chi connectivity index (χ3n) is 4.94. The molecule has 2 atom stereocenters. The summed E-state index contributed by atoms with van der Waals surface area (Å²) in [4.78, 5) is 14.3. The fourth-order valence-electron chi connectivity index (χ4n) is 3.51. The molecular formula is C15H19NO3. The molecule has 0 bridgehead atoms. The number of nitrogens with zero attached hydrogens (tertiary/aromatic N) is 1. The third kappa shape index (κ3) is 1.70. The van der Waals surface area contributed by atoms with Gasteiger partial charge >= 0.3 is 0 Å². The predicted molar refractivity (Wildman–Crippen MR) is 70.7 cm³/mol. The largest absolute Gasteiger partial charge is 0.396 e. The maximum Gasteiger partial charge on any atom is 0.254 e.